The number of nitrogen functional groups attached to an aromatic ring is 1. The molecule has 0 aliphatic heterocycles. The zero-order valence-corrected chi connectivity index (χ0v) is 14.7. The summed E-state index contributed by atoms with van der Waals surface area (Å²) in [6, 6.07) is 7.57. The summed E-state index contributed by atoms with van der Waals surface area (Å²) in [5.74, 6) is -0.102. The lowest BCUT2D eigenvalue weighted by Gasteiger charge is -2.09. The van der Waals surface area contributed by atoms with Crippen LogP contribution in [0, 0.1) is 0 Å². The number of hydrogen-bond acceptors (Lipinski definition) is 7. The number of amides is 2. The molecule has 0 bridgehead atoms. The number of carbonyl (C=O) groups excluding carboxylic acids is 2. The first-order chi connectivity index (χ1) is 13.0. The predicted octanol–water partition coefficient (Wildman–Crippen LogP) is 0.266. The topological polar surface area (TPSA) is 148 Å². The van der Waals surface area contributed by atoms with E-state index in [1.54, 1.807) is 0 Å². The van der Waals surface area contributed by atoms with Gasteiger partial charge in [-0.3, -0.25) is 9.59 Å². The van der Waals surface area contributed by atoms with E-state index in [4.69, 9.17) is 10.5 Å². The van der Waals surface area contributed by atoms with Crippen molar-refractivity contribution >= 4 is 28.9 Å². The molecule has 140 valence electrons. The lowest BCUT2D eigenvalue weighted by molar-refractivity contribution is -0.125. The number of hydrogen-bond donors (Lipinski definition) is 4. The average molecular weight is 369 g/mol. The Kier molecular flexibility index (Phi) is 5.45. The summed E-state index contributed by atoms with van der Waals surface area (Å²) < 4.78 is 5.75. The number of nitrogens with one attached hydrogen (secondary N) is 3. The second kappa shape index (κ2) is 8.13. The van der Waals surface area contributed by atoms with Gasteiger partial charge in [0.15, 0.2) is 5.65 Å². The lowest BCUT2D eigenvalue weighted by atomic mass is 10.1. The van der Waals surface area contributed by atoms with E-state index in [1.807, 2.05) is 24.3 Å². The number of ether oxygens (including phenoxy) is 1. The highest BCUT2D eigenvalue weighted by molar-refractivity contribution is 5.83. The first-order valence-electron chi connectivity index (χ1n) is 8.19. The second-order valence-corrected chi connectivity index (χ2v) is 5.78. The van der Waals surface area contributed by atoms with Gasteiger partial charge in [-0.1, -0.05) is 24.3 Å². The highest BCUT2D eigenvalue weighted by Gasteiger charge is 2.10. The van der Waals surface area contributed by atoms with Gasteiger partial charge in [0.05, 0.1) is 12.9 Å². The van der Waals surface area contributed by atoms with Crippen molar-refractivity contribution < 1.29 is 14.3 Å². The van der Waals surface area contributed by atoms with Crippen LogP contribution in [0.25, 0.3) is 11.2 Å². The molecule has 2 heterocycles. The molecule has 5 N–H and O–H groups in total. The standard InChI is InChI=1S/C17H19N7O3/c1-10(25)19-7-13(26)20-6-11-3-2-4-12(5-11)8-27-16-14-15(22-9-21-14)23-17(18)24-16/h2-5,9H,6-8H2,1H3,(H,19,25)(H,20,26)(H3,18,21,22,23,24). The molecule has 10 heteroatoms. The Labute approximate surface area is 154 Å². The molecule has 0 saturated heterocycles. The summed E-state index contributed by atoms with van der Waals surface area (Å²) >= 11 is 0. The zero-order valence-electron chi connectivity index (χ0n) is 14.7. The molecule has 2 aromatic heterocycles. The SMILES string of the molecule is CC(=O)NCC(=O)NCc1cccc(COc2nc(N)nc3nc[nH]c23)c1. The van der Waals surface area contributed by atoms with Gasteiger partial charge in [0.1, 0.15) is 12.1 Å². The van der Waals surface area contributed by atoms with Crippen molar-refractivity contribution in [1.82, 2.24) is 30.6 Å². The van der Waals surface area contributed by atoms with Crippen molar-refractivity contribution in [3.63, 3.8) is 0 Å². The van der Waals surface area contributed by atoms with Crippen molar-refractivity contribution in [1.29, 1.82) is 0 Å². The monoisotopic (exact) mass is 369 g/mol. The van der Waals surface area contributed by atoms with Crippen LogP contribution in [0.5, 0.6) is 5.88 Å². The summed E-state index contributed by atoms with van der Waals surface area (Å²) in [6.07, 6.45) is 1.50. The predicted molar refractivity (Wildman–Crippen MR) is 97.4 cm³/mol. The third-order valence-electron chi connectivity index (χ3n) is 3.62. The third kappa shape index (κ3) is 4.91. The van der Waals surface area contributed by atoms with Crippen LogP contribution < -0.4 is 21.1 Å². The molecule has 0 fully saturated rings. The zero-order chi connectivity index (χ0) is 19.2. The fourth-order valence-electron chi connectivity index (χ4n) is 2.38. The first-order valence-corrected chi connectivity index (χ1v) is 8.19. The van der Waals surface area contributed by atoms with Crippen molar-refractivity contribution in [2.75, 3.05) is 12.3 Å². The normalized spacial score (nSPS) is 10.6. The number of anilines is 1. The van der Waals surface area contributed by atoms with Crippen LogP contribution >= 0.6 is 0 Å². The molecule has 0 saturated carbocycles. The van der Waals surface area contributed by atoms with E-state index < -0.39 is 0 Å². The fourth-order valence-corrected chi connectivity index (χ4v) is 2.38. The van der Waals surface area contributed by atoms with Gasteiger partial charge < -0.3 is 26.1 Å². The molecule has 0 spiro atoms. The van der Waals surface area contributed by atoms with Crippen molar-refractivity contribution in [2.24, 2.45) is 0 Å². The van der Waals surface area contributed by atoms with Crippen LogP contribution in [-0.4, -0.2) is 38.3 Å². The van der Waals surface area contributed by atoms with E-state index in [0.717, 1.165) is 11.1 Å². The first kappa shape index (κ1) is 18.1. The molecule has 3 rings (SSSR count). The van der Waals surface area contributed by atoms with Crippen molar-refractivity contribution in [2.45, 2.75) is 20.1 Å². The highest BCUT2D eigenvalue weighted by Crippen LogP contribution is 2.20. The van der Waals surface area contributed by atoms with Crippen LogP contribution in [0.4, 0.5) is 5.95 Å². The Morgan fingerprint density at radius 2 is 2.04 bits per heavy atom. The number of H-pyrrole nitrogens is 1. The van der Waals surface area contributed by atoms with E-state index in [2.05, 4.69) is 30.6 Å². The lowest BCUT2D eigenvalue weighted by Crippen LogP contribution is -2.35. The minimum Gasteiger partial charge on any atom is -0.471 e. The molecule has 10 nitrogen and oxygen atoms in total. The Morgan fingerprint density at radius 3 is 2.85 bits per heavy atom. The second-order valence-electron chi connectivity index (χ2n) is 5.78. The maximum atomic E-state index is 11.7. The van der Waals surface area contributed by atoms with Gasteiger partial charge in [-0.2, -0.15) is 9.97 Å². The van der Waals surface area contributed by atoms with Crippen LogP contribution in [0.2, 0.25) is 0 Å². The van der Waals surface area contributed by atoms with Gasteiger partial charge in [0.2, 0.25) is 23.6 Å². The summed E-state index contributed by atoms with van der Waals surface area (Å²) in [7, 11) is 0. The van der Waals surface area contributed by atoms with E-state index in [9.17, 15) is 9.59 Å². The summed E-state index contributed by atoms with van der Waals surface area (Å²) in [4.78, 5) is 37.5. The quantitative estimate of drug-likeness (QED) is 0.467. The Morgan fingerprint density at radius 1 is 1.22 bits per heavy atom. The van der Waals surface area contributed by atoms with Crippen LogP contribution in [0.3, 0.4) is 0 Å². The minimum atomic E-state index is -0.259. The molecule has 3 aromatic rings. The molecule has 0 unspecified atom stereocenters. The smallest absolute Gasteiger partial charge is 0.245 e. The Balaban J connectivity index is 1.60. The largest absolute Gasteiger partial charge is 0.471 e. The van der Waals surface area contributed by atoms with Crippen LogP contribution in [0.1, 0.15) is 18.1 Å². The van der Waals surface area contributed by atoms with Gasteiger partial charge >= 0.3 is 0 Å². The molecule has 1 aromatic carbocycles. The number of rotatable bonds is 7. The number of nitrogens with two attached hydrogens (primary N) is 1. The molecule has 0 atom stereocenters. The van der Waals surface area contributed by atoms with Crippen molar-refractivity contribution in [3.8, 4) is 5.88 Å². The number of nitrogens with zero attached hydrogens (tertiary/aromatic N) is 3. The highest BCUT2D eigenvalue weighted by atomic mass is 16.5. The Bertz CT molecular complexity index is 970. The molecular weight excluding hydrogens is 350 g/mol. The van der Waals surface area contributed by atoms with Gasteiger partial charge in [-0.15, -0.1) is 0 Å². The minimum absolute atomic E-state index is 0.0482. The number of imidazole rings is 1. The maximum Gasteiger partial charge on any atom is 0.245 e. The van der Waals surface area contributed by atoms with E-state index >= 15 is 0 Å². The van der Waals surface area contributed by atoms with E-state index in [-0.39, 0.29) is 30.9 Å². The number of aromatic amines is 1. The summed E-state index contributed by atoms with van der Waals surface area (Å²) in [6.45, 7) is 1.92. The van der Waals surface area contributed by atoms with Gasteiger partial charge in [0, 0.05) is 13.5 Å². The molecule has 2 amide bonds. The summed E-state index contributed by atoms with van der Waals surface area (Å²) in [5.41, 5.74) is 8.48. The fraction of sp³-hybridized carbons (Fsp3) is 0.235. The molecule has 0 aliphatic carbocycles. The molecule has 0 aliphatic rings. The van der Waals surface area contributed by atoms with E-state index in [0.29, 0.717) is 23.6 Å². The number of fused-ring (bicyclic) bond motifs is 1. The van der Waals surface area contributed by atoms with Gasteiger partial charge in [-0.05, 0) is 11.1 Å². The maximum absolute atomic E-state index is 11.7. The van der Waals surface area contributed by atoms with Gasteiger partial charge in [0.25, 0.3) is 0 Å². The third-order valence-corrected chi connectivity index (χ3v) is 3.62. The molecular formula is C17H19N7O3. The van der Waals surface area contributed by atoms with Crippen molar-refractivity contribution in [3.05, 3.63) is 41.7 Å². The molecule has 27 heavy (non-hydrogen) atoms. The number of aromatic nitrogens is 4. The number of carbonyl (C=O) groups is 2. The average Bonchev–Trinajstić information content (AvgIpc) is 3.11. The van der Waals surface area contributed by atoms with Crippen LogP contribution in [-0.2, 0) is 22.7 Å². The van der Waals surface area contributed by atoms with Gasteiger partial charge in [-0.25, -0.2) is 4.98 Å². The van der Waals surface area contributed by atoms with Crippen LogP contribution in [0.15, 0.2) is 30.6 Å². The Hall–Kier alpha value is -3.69. The number of benzene rings is 1. The van der Waals surface area contributed by atoms with E-state index in [1.165, 1.54) is 13.3 Å². The summed E-state index contributed by atoms with van der Waals surface area (Å²) in [5, 5.41) is 5.19. The molecule has 0 radical (unpaired) electrons.